The molecule has 1 aliphatic heterocycles. The summed E-state index contributed by atoms with van der Waals surface area (Å²) in [5.74, 6) is 2.40. The Balaban J connectivity index is 2.52. The molecule has 0 aromatic heterocycles. The number of ether oxygens (including phenoxy) is 1. The minimum Gasteiger partial charge on any atom is -0.386 e. The van der Waals surface area contributed by atoms with Crippen molar-refractivity contribution in [3.05, 3.63) is 34.9 Å². The summed E-state index contributed by atoms with van der Waals surface area (Å²) in [7, 11) is 0. The molecule has 1 aromatic rings. The van der Waals surface area contributed by atoms with Gasteiger partial charge in [-0.3, -0.25) is 0 Å². The Labute approximate surface area is 83.5 Å². The van der Waals surface area contributed by atoms with E-state index in [1.807, 2.05) is 0 Å². The van der Waals surface area contributed by atoms with Crippen molar-refractivity contribution in [2.45, 2.75) is 0 Å². The minimum atomic E-state index is -0.787. The van der Waals surface area contributed by atoms with Crippen LogP contribution in [-0.2, 0) is 9.57 Å². The molecule has 1 heterocycles. The monoisotopic (exact) mass is 207 g/mol. The Bertz CT molecular complexity index is 479. The lowest BCUT2D eigenvalue weighted by molar-refractivity contribution is 0.0442. The summed E-state index contributed by atoms with van der Waals surface area (Å²) < 4.78 is 4.34. The van der Waals surface area contributed by atoms with E-state index in [0.29, 0.717) is 0 Å². The third-order valence-electron chi connectivity index (χ3n) is 1.99. The van der Waals surface area contributed by atoms with Gasteiger partial charge in [0.1, 0.15) is 0 Å². The molecule has 6 nitrogen and oxygen atoms in total. The van der Waals surface area contributed by atoms with E-state index < -0.39 is 17.9 Å². The molecule has 1 aromatic carbocycles. The number of carbonyl (C=O) groups is 3. The van der Waals surface area contributed by atoms with Crippen molar-refractivity contribution in [3.63, 3.8) is 0 Å². The van der Waals surface area contributed by atoms with Crippen LogP contribution in [-0.4, -0.2) is 17.9 Å². The van der Waals surface area contributed by atoms with Gasteiger partial charge in [0.05, 0.1) is 16.7 Å². The van der Waals surface area contributed by atoms with E-state index in [9.17, 15) is 14.4 Å². The van der Waals surface area contributed by atoms with Gasteiger partial charge in [-0.15, -0.1) is 0 Å². The zero-order valence-corrected chi connectivity index (χ0v) is 7.35. The summed E-state index contributed by atoms with van der Waals surface area (Å²) in [6, 6.07) is 3.85. The van der Waals surface area contributed by atoms with Gasteiger partial charge in [-0.25, -0.2) is 14.4 Å². The quantitative estimate of drug-likeness (QED) is 0.396. The first-order chi connectivity index (χ1) is 7.13. The average molecular weight is 207 g/mol. The first-order valence-electron chi connectivity index (χ1n) is 3.95. The zero-order valence-electron chi connectivity index (χ0n) is 7.35. The van der Waals surface area contributed by atoms with Crippen LogP contribution in [0.5, 0.6) is 0 Å². The highest BCUT2D eigenvalue weighted by Gasteiger charge is 2.30. The summed E-state index contributed by atoms with van der Waals surface area (Å²) in [5.41, 5.74) is 0.263. The number of hydrogen-bond acceptors (Lipinski definition) is 6. The lowest BCUT2D eigenvalue weighted by atomic mass is 10.1. The van der Waals surface area contributed by atoms with E-state index in [2.05, 4.69) is 15.5 Å². The fourth-order valence-electron chi connectivity index (χ4n) is 1.28. The lowest BCUT2D eigenvalue weighted by Gasteiger charge is -1.98. The van der Waals surface area contributed by atoms with Crippen LogP contribution in [0, 0.1) is 0 Å². The van der Waals surface area contributed by atoms with Crippen LogP contribution >= 0.6 is 0 Å². The van der Waals surface area contributed by atoms with Crippen molar-refractivity contribution < 1.29 is 24.0 Å². The minimum absolute atomic E-state index is 0.0444. The molecule has 0 radical (unpaired) electrons. The summed E-state index contributed by atoms with van der Waals surface area (Å²) in [4.78, 5) is 37.2. The van der Waals surface area contributed by atoms with Crippen molar-refractivity contribution in [2.24, 2.45) is 5.90 Å². The molecule has 76 valence electrons. The molecule has 0 bridgehead atoms. The smallest absolute Gasteiger partial charge is 0.356 e. The van der Waals surface area contributed by atoms with Crippen molar-refractivity contribution in [2.75, 3.05) is 0 Å². The highest BCUT2D eigenvalue weighted by molar-refractivity contribution is 6.15. The fraction of sp³-hybridized carbons (Fsp3) is 0. The Morgan fingerprint density at radius 2 is 1.87 bits per heavy atom. The van der Waals surface area contributed by atoms with Crippen LogP contribution in [0.4, 0.5) is 0 Å². The van der Waals surface area contributed by atoms with Crippen molar-refractivity contribution >= 4 is 17.9 Å². The number of cyclic esters (lactones) is 2. The molecular weight excluding hydrogens is 202 g/mol. The van der Waals surface area contributed by atoms with E-state index in [0.717, 1.165) is 0 Å². The second-order valence-electron chi connectivity index (χ2n) is 2.84. The third kappa shape index (κ3) is 1.36. The highest BCUT2D eigenvalue weighted by atomic mass is 16.7. The molecule has 0 fully saturated rings. The Hall–Kier alpha value is -2.21. The van der Waals surface area contributed by atoms with E-state index >= 15 is 0 Å². The van der Waals surface area contributed by atoms with E-state index in [1.54, 1.807) is 0 Å². The SMILES string of the molecule is NOC(=O)c1ccc2c(c1)C(=O)OC2=O. The zero-order chi connectivity index (χ0) is 11.0. The van der Waals surface area contributed by atoms with Crippen LogP contribution < -0.4 is 5.90 Å². The summed E-state index contributed by atoms with van der Waals surface area (Å²) in [5, 5.41) is 0. The maximum atomic E-state index is 11.1. The summed E-state index contributed by atoms with van der Waals surface area (Å²) >= 11 is 0. The maximum absolute atomic E-state index is 11.1. The van der Waals surface area contributed by atoms with Gasteiger partial charge in [-0.2, -0.15) is 5.90 Å². The van der Waals surface area contributed by atoms with Crippen LogP contribution in [0.1, 0.15) is 31.1 Å². The number of hydrogen-bond donors (Lipinski definition) is 1. The number of benzene rings is 1. The van der Waals surface area contributed by atoms with E-state index in [4.69, 9.17) is 0 Å². The van der Waals surface area contributed by atoms with Crippen LogP contribution in [0.15, 0.2) is 18.2 Å². The molecule has 0 aliphatic carbocycles. The summed E-state index contributed by atoms with van der Waals surface area (Å²) in [6.07, 6.45) is 0. The summed E-state index contributed by atoms with van der Waals surface area (Å²) in [6.45, 7) is 0. The Kier molecular flexibility index (Phi) is 1.98. The topological polar surface area (TPSA) is 95.7 Å². The largest absolute Gasteiger partial charge is 0.386 e. The normalized spacial score (nSPS) is 13.4. The lowest BCUT2D eigenvalue weighted by Crippen LogP contribution is -2.10. The predicted octanol–water partition coefficient (Wildman–Crippen LogP) is 0.0277. The Morgan fingerprint density at radius 1 is 1.20 bits per heavy atom. The molecule has 0 spiro atoms. The van der Waals surface area contributed by atoms with Gasteiger partial charge in [0, 0.05) is 0 Å². The molecule has 0 saturated carbocycles. The third-order valence-corrected chi connectivity index (χ3v) is 1.99. The highest BCUT2D eigenvalue weighted by Crippen LogP contribution is 2.21. The number of esters is 2. The van der Waals surface area contributed by atoms with Gasteiger partial charge in [0.15, 0.2) is 0 Å². The number of rotatable bonds is 1. The molecule has 0 saturated heterocycles. The number of fused-ring (bicyclic) bond motifs is 1. The average Bonchev–Trinajstić information content (AvgIpc) is 2.53. The van der Waals surface area contributed by atoms with Gasteiger partial charge in [-0.1, -0.05) is 0 Å². The van der Waals surface area contributed by atoms with Crippen molar-refractivity contribution in [3.8, 4) is 0 Å². The molecule has 0 amide bonds. The molecule has 2 rings (SSSR count). The van der Waals surface area contributed by atoms with Gasteiger partial charge < -0.3 is 9.57 Å². The van der Waals surface area contributed by atoms with Gasteiger partial charge in [0.2, 0.25) is 0 Å². The van der Waals surface area contributed by atoms with Crippen LogP contribution in [0.2, 0.25) is 0 Å². The standard InChI is InChI=1S/C9H5NO5/c10-15-7(11)4-1-2-5-6(3-4)9(13)14-8(5)12/h1-3H,10H2. The number of carbonyl (C=O) groups excluding carboxylic acids is 3. The van der Waals surface area contributed by atoms with E-state index in [-0.39, 0.29) is 16.7 Å². The van der Waals surface area contributed by atoms with Crippen LogP contribution in [0.25, 0.3) is 0 Å². The van der Waals surface area contributed by atoms with Gasteiger partial charge >= 0.3 is 17.9 Å². The first-order valence-corrected chi connectivity index (χ1v) is 3.95. The predicted molar refractivity (Wildman–Crippen MR) is 45.8 cm³/mol. The molecule has 0 unspecified atom stereocenters. The Morgan fingerprint density at radius 3 is 2.53 bits per heavy atom. The maximum Gasteiger partial charge on any atom is 0.356 e. The van der Waals surface area contributed by atoms with Crippen molar-refractivity contribution in [1.29, 1.82) is 0 Å². The van der Waals surface area contributed by atoms with Crippen molar-refractivity contribution in [1.82, 2.24) is 0 Å². The van der Waals surface area contributed by atoms with Crippen LogP contribution in [0.3, 0.4) is 0 Å². The molecular formula is C9H5NO5. The first kappa shape index (κ1) is 9.35. The molecule has 15 heavy (non-hydrogen) atoms. The molecule has 2 N–H and O–H groups in total. The second-order valence-corrected chi connectivity index (χ2v) is 2.84. The molecule has 1 aliphatic rings. The van der Waals surface area contributed by atoms with Gasteiger partial charge in [0.25, 0.3) is 0 Å². The van der Waals surface area contributed by atoms with Gasteiger partial charge in [-0.05, 0) is 18.2 Å². The fourth-order valence-corrected chi connectivity index (χ4v) is 1.28. The van der Waals surface area contributed by atoms with E-state index in [1.165, 1.54) is 18.2 Å². The number of nitrogens with two attached hydrogens (primary N) is 1. The molecule has 6 heteroatoms. The molecule has 0 atom stereocenters. The second kappa shape index (κ2) is 3.18.